The van der Waals surface area contributed by atoms with Crippen molar-refractivity contribution in [3.8, 4) is 27.3 Å². The van der Waals surface area contributed by atoms with Crippen LogP contribution < -0.4 is 25.0 Å². The lowest BCUT2D eigenvalue weighted by Gasteiger charge is -2.35. The monoisotopic (exact) mass is 1030 g/mol. The van der Waals surface area contributed by atoms with Crippen molar-refractivity contribution in [3.63, 3.8) is 0 Å². The molecule has 3 aromatic carbocycles. The predicted molar refractivity (Wildman–Crippen MR) is 272 cm³/mol. The van der Waals surface area contributed by atoms with E-state index in [0.29, 0.717) is 33.8 Å². The van der Waals surface area contributed by atoms with Gasteiger partial charge in [-0.2, -0.15) is 13.5 Å². The van der Waals surface area contributed by atoms with Crippen LogP contribution >= 0.6 is 11.3 Å². The summed E-state index contributed by atoms with van der Waals surface area (Å²) < 4.78 is 44.2. The first-order valence-electron chi connectivity index (χ1n) is 24.4. The van der Waals surface area contributed by atoms with Crippen molar-refractivity contribution >= 4 is 67.5 Å². The number of β-amino-alcohol motifs (C(OH)–C–C–N with tert-alkyl or cyclic N) is 1. The zero-order valence-corrected chi connectivity index (χ0v) is 42.9. The van der Waals surface area contributed by atoms with Gasteiger partial charge in [0, 0.05) is 43.1 Å². The van der Waals surface area contributed by atoms with Gasteiger partial charge in [-0.05, 0) is 66.3 Å². The van der Waals surface area contributed by atoms with Gasteiger partial charge in [-0.15, -0.1) is 11.3 Å². The highest BCUT2D eigenvalue weighted by molar-refractivity contribution is 7.92. The fraction of sp³-hybridized carbons (Fsp3) is 0.471. The number of likely N-dealkylation sites (tertiary alicyclic amines) is 1. The lowest BCUT2D eigenvalue weighted by atomic mass is 9.85. The fourth-order valence-electron chi connectivity index (χ4n) is 9.14. The summed E-state index contributed by atoms with van der Waals surface area (Å²) in [5, 5.41) is 34.6. The number of phenols is 1. The standard InChI is InChI=1S/C51H64FN9O9S2/c1-31(33-15-17-34(18-16-33)47-32(2)54-30-71-47)56-49(67)40-24-38(62)27-60(40)50(68)48(51(3,4)5)57-42(64)14-12-10-8-6-7-9-11-13-21-53-43(65)28-59-26-37(25-55-59)35-19-20-36-23-41(63)46(45(52)39(36)22-35)61-29-44(66)58-72(61,69)70/h15-20,22-23,25-26,30-31,38,40,48,62-63H,6-14,21,24,27-29H2,1-5H3,(H,53,65)(H,56,67)(H,57,64)(H,58,66)/t31-,38+,40-,48+/m0/s1. The summed E-state index contributed by atoms with van der Waals surface area (Å²) in [5.74, 6) is -3.69. The molecule has 5 amide bonds. The van der Waals surface area contributed by atoms with E-state index >= 15 is 4.39 Å². The minimum Gasteiger partial charge on any atom is -0.506 e. The Bertz CT molecular complexity index is 2900. The van der Waals surface area contributed by atoms with Crippen LogP contribution in [0.5, 0.6) is 5.75 Å². The summed E-state index contributed by atoms with van der Waals surface area (Å²) >= 11 is 1.57. The SMILES string of the molecule is Cc1ncsc1-c1ccc([C@H](C)NC(=O)[C@@H]2C[C@@H](O)CN2C(=O)[C@@H](NC(=O)CCCCCCCCCCNC(=O)Cn2cc(-c3ccc4cc(O)c(N5CC(=O)NS5(=O)=O)c(F)c4c3)cn2)C(C)(C)C)cc1. The number of nitrogens with zero attached hydrogens (tertiary/aromatic N) is 5. The Morgan fingerprint density at radius 3 is 2.26 bits per heavy atom. The van der Waals surface area contributed by atoms with Crippen LogP contribution in [0.4, 0.5) is 10.1 Å². The Balaban J connectivity index is 0.773. The van der Waals surface area contributed by atoms with Crippen LogP contribution in [0.15, 0.2) is 66.4 Å². The zero-order valence-electron chi connectivity index (χ0n) is 41.2. The van der Waals surface area contributed by atoms with Gasteiger partial charge in [-0.3, -0.25) is 28.7 Å². The Hall–Kier alpha value is -6.45. The lowest BCUT2D eigenvalue weighted by molar-refractivity contribution is -0.144. The molecule has 18 nitrogen and oxygen atoms in total. The minimum atomic E-state index is -4.36. The third kappa shape index (κ3) is 13.0. The number of phenolic OH excluding ortho intramolecular Hbond substituents is 1. The molecule has 386 valence electrons. The van der Waals surface area contributed by atoms with Gasteiger partial charge in [0.25, 0.3) is 5.91 Å². The van der Waals surface area contributed by atoms with Crippen LogP contribution in [-0.2, 0) is 40.7 Å². The molecule has 0 radical (unpaired) electrons. The number of rotatable bonds is 21. The summed E-state index contributed by atoms with van der Waals surface area (Å²) in [6, 6.07) is 11.8. The maximum atomic E-state index is 15.7. The maximum Gasteiger partial charge on any atom is 0.326 e. The number of aliphatic hydroxyl groups excluding tert-OH is 1. The quantitative estimate of drug-likeness (QED) is 0.0455. The molecule has 0 spiro atoms. The van der Waals surface area contributed by atoms with Gasteiger partial charge in [0.1, 0.15) is 36.6 Å². The number of aliphatic hydroxyl groups is 1. The number of anilines is 1. The number of hydrogen-bond donors (Lipinski definition) is 6. The van der Waals surface area contributed by atoms with Crippen LogP contribution in [0.1, 0.15) is 109 Å². The number of unbranched alkanes of at least 4 members (excludes halogenated alkanes) is 7. The van der Waals surface area contributed by atoms with Crippen LogP contribution in [0.25, 0.3) is 32.3 Å². The molecule has 2 saturated heterocycles. The van der Waals surface area contributed by atoms with Crippen molar-refractivity contribution in [2.75, 3.05) is 23.9 Å². The second-order valence-electron chi connectivity index (χ2n) is 19.8. The summed E-state index contributed by atoms with van der Waals surface area (Å²) in [5.41, 5.74) is 4.56. The maximum absolute atomic E-state index is 15.7. The number of halogens is 1. The minimum absolute atomic E-state index is 0.00156. The van der Waals surface area contributed by atoms with Crippen molar-refractivity contribution < 1.29 is 47.0 Å². The van der Waals surface area contributed by atoms with Gasteiger partial charge in [-0.25, -0.2) is 18.4 Å². The molecule has 72 heavy (non-hydrogen) atoms. The third-order valence-electron chi connectivity index (χ3n) is 13.1. The molecule has 21 heteroatoms. The first-order valence-corrected chi connectivity index (χ1v) is 26.7. The summed E-state index contributed by atoms with van der Waals surface area (Å²) in [6.45, 7) is 9.26. The molecule has 7 rings (SSSR count). The Labute approximate surface area is 423 Å². The number of nitrogens with one attached hydrogen (secondary N) is 4. The number of fused-ring (bicyclic) bond motifs is 1. The zero-order chi connectivity index (χ0) is 51.9. The van der Waals surface area contributed by atoms with Gasteiger partial charge < -0.3 is 31.1 Å². The third-order valence-corrected chi connectivity index (χ3v) is 15.4. The van der Waals surface area contributed by atoms with E-state index in [4.69, 9.17) is 0 Å². The number of hydrogen-bond acceptors (Lipinski definition) is 12. The average Bonchev–Trinajstić information content (AvgIpc) is 4.13. The van der Waals surface area contributed by atoms with Crippen LogP contribution in [0.3, 0.4) is 0 Å². The Kier molecular flexibility index (Phi) is 17.0. The molecule has 0 aliphatic carbocycles. The van der Waals surface area contributed by atoms with Gasteiger partial charge in [0.2, 0.25) is 23.6 Å². The molecule has 0 bridgehead atoms. The van der Waals surface area contributed by atoms with Crippen LogP contribution in [-0.4, -0.2) is 106 Å². The first kappa shape index (κ1) is 53.4. The van der Waals surface area contributed by atoms with Gasteiger partial charge >= 0.3 is 10.2 Å². The average molecular weight is 1030 g/mol. The highest BCUT2D eigenvalue weighted by Gasteiger charge is 2.45. The van der Waals surface area contributed by atoms with Crippen molar-refractivity contribution in [3.05, 3.63) is 83.5 Å². The van der Waals surface area contributed by atoms with Gasteiger partial charge in [0.15, 0.2) is 5.82 Å². The number of amides is 5. The first-order chi connectivity index (χ1) is 34.2. The molecule has 4 atom stereocenters. The number of aromatic hydroxyl groups is 1. The normalized spacial score (nSPS) is 17.5. The van der Waals surface area contributed by atoms with Crippen LogP contribution in [0.2, 0.25) is 0 Å². The van der Waals surface area contributed by atoms with E-state index in [1.54, 1.807) is 34.4 Å². The summed E-state index contributed by atoms with van der Waals surface area (Å²) in [4.78, 5) is 72.2. The number of aromatic nitrogens is 3. The molecule has 4 heterocycles. The second kappa shape index (κ2) is 23.0. The second-order valence-corrected chi connectivity index (χ2v) is 22.2. The van der Waals surface area contributed by atoms with E-state index in [1.165, 1.54) is 27.9 Å². The molecule has 0 unspecified atom stereocenters. The molecule has 5 aromatic rings. The number of thiazole rings is 1. The molecule has 2 aromatic heterocycles. The topological polar surface area (TPSA) is 245 Å². The summed E-state index contributed by atoms with van der Waals surface area (Å²) in [6.07, 6.45) is 9.89. The van der Waals surface area contributed by atoms with Gasteiger partial charge in [-0.1, -0.05) is 95.7 Å². The van der Waals surface area contributed by atoms with Crippen LogP contribution in [0, 0.1) is 18.2 Å². The van der Waals surface area contributed by atoms with Crippen molar-refractivity contribution in [2.24, 2.45) is 5.41 Å². The number of aryl methyl sites for hydroxylation is 1. The number of benzene rings is 3. The predicted octanol–water partition coefficient (Wildman–Crippen LogP) is 6.16. The molecular formula is C51H64FN9O9S2. The molecule has 6 N–H and O–H groups in total. The number of carbonyl (C=O) groups is 5. The van der Waals surface area contributed by atoms with E-state index in [0.717, 1.165) is 66.6 Å². The van der Waals surface area contributed by atoms with E-state index in [1.807, 2.05) is 64.4 Å². The van der Waals surface area contributed by atoms with E-state index in [2.05, 4.69) is 26.0 Å². The Morgan fingerprint density at radius 1 is 0.931 bits per heavy atom. The highest BCUT2D eigenvalue weighted by atomic mass is 32.2. The smallest absolute Gasteiger partial charge is 0.326 e. The largest absolute Gasteiger partial charge is 0.506 e. The van der Waals surface area contributed by atoms with Crippen molar-refractivity contribution in [1.29, 1.82) is 0 Å². The highest BCUT2D eigenvalue weighted by Crippen LogP contribution is 2.40. The molecular weight excluding hydrogens is 966 g/mol. The fourth-order valence-corrected chi connectivity index (χ4v) is 11.1. The van der Waals surface area contributed by atoms with Gasteiger partial charge in [0.05, 0.1) is 34.4 Å². The molecule has 2 fully saturated rings. The van der Waals surface area contributed by atoms with Crippen molar-refractivity contribution in [2.45, 2.75) is 130 Å². The number of carbonyl (C=O) groups excluding carboxylic acids is 5. The lowest BCUT2D eigenvalue weighted by Crippen LogP contribution is -2.57. The molecule has 0 saturated carbocycles. The Morgan fingerprint density at radius 2 is 1.61 bits per heavy atom. The molecule has 2 aliphatic heterocycles. The van der Waals surface area contributed by atoms with E-state index in [9.17, 15) is 42.6 Å². The van der Waals surface area contributed by atoms with Crippen molar-refractivity contribution in [1.82, 2.24) is 40.3 Å². The molecule has 2 aliphatic rings. The van der Waals surface area contributed by atoms with E-state index < -0.39 is 69.4 Å². The summed E-state index contributed by atoms with van der Waals surface area (Å²) in [7, 11) is -4.36. The van der Waals surface area contributed by atoms with E-state index in [-0.39, 0.29) is 55.1 Å².